The maximum absolute atomic E-state index is 13.8. The van der Waals surface area contributed by atoms with Crippen LogP contribution in [0.4, 0.5) is 4.39 Å². The summed E-state index contributed by atoms with van der Waals surface area (Å²) < 4.78 is 69.2. The summed E-state index contributed by atoms with van der Waals surface area (Å²) in [4.78, 5) is 15.0. The highest BCUT2D eigenvalue weighted by Crippen LogP contribution is 2.41. The fraction of sp³-hybridized carbons (Fsp3) is 0.360. The van der Waals surface area contributed by atoms with E-state index in [1.807, 2.05) is 20.8 Å². The van der Waals surface area contributed by atoms with Gasteiger partial charge in [0.1, 0.15) is 27.8 Å². The van der Waals surface area contributed by atoms with E-state index >= 15 is 0 Å². The van der Waals surface area contributed by atoms with Crippen molar-refractivity contribution in [1.82, 2.24) is 9.62 Å². The standard InChI is InChI=1S/C25H28FN3O6S2/c1-14-11-15(9-10-18(14)26)13-29-23(25(2,3)4)21(30)19(24(29)31)20-17-8-6-7-16(12-27-36(5,32)33)22(17)37(34,35)28-20/h6-11,23,27,30H,12-13H2,1-5H3/t23-/m1/s1. The Kier molecular flexibility index (Phi) is 6.58. The Morgan fingerprint density at radius 3 is 2.46 bits per heavy atom. The lowest BCUT2D eigenvalue weighted by Gasteiger charge is -2.35. The van der Waals surface area contributed by atoms with Crippen molar-refractivity contribution in [3.05, 3.63) is 75.8 Å². The van der Waals surface area contributed by atoms with Gasteiger partial charge in [0.2, 0.25) is 10.0 Å². The molecule has 0 aliphatic carbocycles. The average molecular weight is 550 g/mol. The molecule has 2 N–H and O–H groups in total. The first-order chi connectivity index (χ1) is 17.0. The number of aliphatic hydroxyl groups excluding tert-OH is 1. The predicted octanol–water partition coefficient (Wildman–Crippen LogP) is 2.94. The lowest BCUT2D eigenvalue weighted by Crippen LogP contribution is -2.43. The van der Waals surface area contributed by atoms with E-state index in [0.29, 0.717) is 11.1 Å². The second-order valence-electron chi connectivity index (χ2n) is 10.3. The fourth-order valence-electron chi connectivity index (χ4n) is 4.74. The third kappa shape index (κ3) is 5.05. The molecule has 0 saturated heterocycles. The maximum atomic E-state index is 13.8. The summed E-state index contributed by atoms with van der Waals surface area (Å²) in [6.45, 7) is 6.89. The van der Waals surface area contributed by atoms with Gasteiger partial charge in [0.15, 0.2) is 0 Å². The van der Waals surface area contributed by atoms with Crippen LogP contribution in [0, 0.1) is 18.2 Å². The number of aliphatic hydroxyl groups is 1. The molecule has 1 atom stereocenters. The van der Waals surface area contributed by atoms with Gasteiger partial charge < -0.3 is 10.0 Å². The van der Waals surface area contributed by atoms with Crippen LogP contribution >= 0.6 is 0 Å². The van der Waals surface area contributed by atoms with E-state index in [0.717, 1.165) is 6.26 Å². The minimum atomic E-state index is -4.28. The topological polar surface area (TPSA) is 133 Å². The molecule has 2 aliphatic heterocycles. The number of benzene rings is 2. The third-order valence-electron chi connectivity index (χ3n) is 6.28. The number of sulfonamides is 2. The number of rotatable bonds is 6. The zero-order valence-corrected chi connectivity index (χ0v) is 22.7. The second kappa shape index (κ2) is 9.03. The van der Waals surface area contributed by atoms with Crippen molar-refractivity contribution in [3.8, 4) is 0 Å². The summed E-state index contributed by atoms with van der Waals surface area (Å²) in [5, 5.41) is 11.3. The summed E-state index contributed by atoms with van der Waals surface area (Å²) in [7, 11) is -7.89. The molecule has 2 aromatic rings. The molecular formula is C25H28FN3O6S2. The minimum absolute atomic E-state index is 0.0562. The number of nitrogens with zero attached hydrogens (tertiary/aromatic N) is 2. The van der Waals surface area contributed by atoms with Gasteiger partial charge >= 0.3 is 0 Å². The Balaban J connectivity index is 1.81. The smallest absolute Gasteiger partial charge is 0.283 e. The van der Waals surface area contributed by atoms with Gasteiger partial charge in [-0.1, -0.05) is 51.1 Å². The van der Waals surface area contributed by atoms with Crippen LogP contribution in [0.3, 0.4) is 0 Å². The van der Waals surface area contributed by atoms with E-state index in [-0.39, 0.29) is 52.0 Å². The van der Waals surface area contributed by atoms with Crippen molar-refractivity contribution < 1.29 is 31.1 Å². The number of halogens is 1. The Hall–Kier alpha value is -3.09. The first-order valence-corrected chi connectivity index (χ1v) is 14.8. The van der Waals surface area contributed by atoms with Crippen molar-refractivity contribution in [2.24, 2.45) is 9.81 Å². The fourth-order valence-corrected chi connectivity index (χ4v) is 6.59. The van der Waals surface area contributed by atoms with Gasteiger partial charge in [0.25, 0.3) is 15.9 Å². The van der Waals surface area contributed by atoms with E-state index in [9.17, 15) is 31.1 Å². The van der Waals surface area contributed by atoms with Gasteiger partial charge in [0.05, 0.1) is 12.3 Å². The van der Waals surface area contributed by atoms with Gasteiger partial charge in [-0.2, -0.15) is 12.8 Å². The largest absolute Gasteiger partial charge is 0.509 e. The maximum Gasteiger partial charge on any atom is 0.283 e. The summed E-state index contributed by atoms with van der Waals surface area (Å²) in [5.74, 6) is -1.30. The first-order valence-electron chi connectivity index (χ1n) is 11.4. The van der Waals surface area contributed by atoms with Crippen molar-refractivity contribution in [2.75, 3.05) is 6.26 Å². The Labute approximate surface area is 215 Å². The number of nitrogens with one attached hydrogen (secondary N) is 1. The Bertz CT molecular complexity index is 1590. The summed E-state index contributed by atoms with van der Waals surface area (Å²) >= 11 is 0. The van der Waals surface area contributed by atoms with Gasteiger partial charge in [-0.3, -0.25) is 4.79 Å². The molecule has 2 heterocycles. The van der Waals surface area contributed by atoms with Gasteiger partial charge in [-0.15, -0.1) is 0 Å². The molecule has 2 aromatic carbocycles. The summed E-state index contributed by atoms with van der Waals surface area (Å²) in [6, 6.07) is 8.13. The second-order valence-corrected chi connectivity index (χ2v) is 13.7. The molecule has 1 amide bonds. The molecule has 0 spiro atoms. The molecule has 0 radical (unpaired) electrons. The quantitative estimate of drug-likeness (QED) is 0.569. The molecule has 0 unspecified atom stereocenters. The normalized spacial score (nSPS) is 19.4. The van der Waals surface area contributed by atoms with Crippen LogP contribution in [0.25, 0.3) is 0 Å². The van der Waals surface area contributed by atoms with Crippen LogP contribution < -0.4 is 4.72 Å². The third-order valence-corrected chi connectivity index (χ3v) is 8.37. The predicted molar refractivity (Wildman–Crippen MR) is 136 cm³/mol. The molecular weight excluding hydrogens is 521 g/mol. The number of hydrogen-bond donors (Lipinski definition) is 2. The number of fused-ring (bicyclic) bond motifs is 1. The zero-order valence-electron chi connectivity index (χ0n) is 21.0. The SMILES string of the molecule is Cc1cc(CN2C(=O)C(C3=NS(=O)(=O)c4c(CNS(C)(=O)=O)cccc43)=C(O)[C@@H]2C(C)(C)C)ccc1F. The monoisotopic (exact) mass is 549 g/mol. The van der Waals surface area contributed by atoms with Crippen molar-refractivity contribution >= 4 is 31.7 Å². The molecule has 198 valence electrons. The Morgan fingerprint density at radius 2 is 1.86 bits per heavy atom. The minimum Gasteiger partial charge on any atom is -0.509 e. The van der Waals surface area contributed by atoms with Crippen LogP contribution in [-0.2, 0) is 37.9 Å². The number of hydrogen-bond acceptors (Lipinski definition) is 6. The highest BCUT2D eigenvalue weighted by atomic mass is 32.2. The molecule has 4 rings (SSSR count). The van der Waals surface area contributed by atoms with Crippen molar-refractivity contribution in [3.63, 3.8) is 0 Å². The van der Waals surface area contributed by atoms with Gasteiger partial charge in [-0.25, -0.2) is 17.5 Å². The van der Waals surface area contributed by atoms with Gasteiger partial charge in [-0.05, 0) is 35.1 Å². The molecule has 0 bridgehead atoms. The zero-order chi connectivity index (χ0) is 27.5. The lowest BCUT2D eigenvalue weighted by atomic mass is 9.84. The molecule has 12 heteroatoms. The van der Waals surface area contributed by atoms with Crippen LogP contribution in [0.5, 0.6) is 0 Å². The molecule has 2 aliphatic rings. The molecule has 0 aromatic heterocycles. The van der Waals surface area contributed by atoms with E-state index in [1.54, 1.807) is 19.1 Å². The van der Waals surface area contributed by atoms with E-state index < -0.39 is 37.4 Å². The van der Waals surface area contributed by atoms with Crippen LogP contribution in [0.15, 0.2) is 57.0 Å². The number of carbonyl (C=O) groups excluding carboxylic acids is 1. The number of aryl methyl sites for hydroxylation is 1. The highest BCUT2D eigenvalue weighted by molar-refractivity contribution is 7.91. The summed E-state index contributed by atoms with van der Waals surface area (Å²) in [5.41, 5.74) is 0.266. The van der Waals surface area contributed by atoms with Gasteiger partial charge in [0, 0.05) is 18.7 Å². The summed E-state index contributed by atoms with van der Waals surface area (Å²) in [6.07, 6.45) is 0.955. The Morgan fingerprint density at radius 1 is 1.19 bits per heavy atom. The molecule has 37 heavy (non-hydrogen) atoms. The van der Waals surface area contributed by atoms with E-state index in [1.165, 1.54) is 29.2 Å². The lowest BCUT2D eigenvalue weighted by molar-refractivity contribution is -0.129. The first kappa shape index (κ1) is 27.0. The van der Waals surface area contributed by atoms with Crippen molar-refractivity contribution in [1.29, 1.82) is 0 Å². The highest BCUT2D eigenvalue weighted by Gasteiger charge is 2.49. The van der Waals surface area contributed by atoms with Crippen molar-refractivity contribution in [2.45, 2.75) is 51.7 Å². The van der Waals surface area contributed by atoms with Crippen LogP contribution in [0.1, 0.15) is 43.0 Å². The average Bonchev–Trinajstić information content (AvgIpc) is 3.18. The molecule has 0 saturated carbocycles. The number of amides is 1. The van der Waals surface area contributed by atoms with Crippen LogP contribution in [0.2, 0.25) is 0 Å². The molecule has 0 fully saturated rings. The molecule has 9 nitrogen and oxygen atoms in total. The number of carbonyl (C=O) groups is 1. The van der Waals surface area contributed by atoms with E-state index in [4.69, 9.17) is 0 Å². The van der Waals surface area contributed by atoms with E-state index in [2.05, 4.69) is 9.12 Å². The van der Waals surface area contributed by atoms with Crippen LogP contribution in [-0.4, -0.2) is 50.8 Å².